The van der Waals surface area contributed by atoms with Gasteiger partial charge in [0, 0.05) is 18.1 Å². The SMILES string of the molecule is O=C(Oc1nc2cc(Cl)ccc2s1)N1CCC1. The first kappa shape index (κ1) is 10.8. The Balaban J connectivity index is 1.83. The van der Waals surface area contributed by atoms with Crippen molar-refractivity contribution in [2.45, 2.75) is 6.42 Å². The molecule has 1 aromatic heterocycles. The van der Waals surface area contributed by atoms with Gasteiger partial charge in [0.05, 0.1) is 10.2 Å². The first-order valence-corrected chi connectivity index (χ1v) is 6.45. The van der Waals surface area contributed by atoms with Gasteiger partial charge in [0.2, 0.25) is 0 Å². The van der Waals surface area contributed by atoms with Crippen LogP contribution >= 0.6 is 22.9 Å². The highest BCUT2D eigenvalue weighted by molar-refractivity contribution is 7.20. The molecular weight excluding hydrogens is 260 g/mol. The van der Waals surface area contributed by atoms with Crippen molar-refractivity contribution < 1.29 is 9.53 Å². The predicted molar refractivity (Wildman–Crippen MR) is 66.8 cm³/mol. The minimum atomic E-state index is -0.318. The van der Waals surface area contributed by atoms with Crippen LogP contribution in [-0.4, -0.2) is 29.1 Å². The Morgan fingerprint density at radius 1 is 1.47 bits per heavy atom. The molecule has 2 heterocycles. The van der Waals surface area contributed by atoms with Gasteiger partial charge in [-0.15, -0.1) is 0 Å². The molecule has 1 amide bonds. The third kappa shape index (κ3) is 2.08. The number of aromatic nitrogens is 1. The fraction of sp³-hybridized carbons (Fsp3) is 0.273. The van der Waals surface area contributed by atoms with Crippen LogP contribution in [-0.2, 0) is 0 Å². The van der Waals surface area contributed by atoms with E-state index in [2.05, 4.69) is 4.98 Å². The number of amides is 1. The molecule has 17 heavy (non-hydrogen) atoms. The van der Waals surface area contributed by atoms with Crippen LogP contribution in [0.25, 0.3) is 10.2 Å². The van der Waals surface area contributed by atoms with E-state index in [9.17, 15) is 4.79 Å². The van der Waals surface area contributed by atoms with Crippen molar-refractivity contribution in [2.24, 2.45) is 0 Å². The maximum atomic E-state index is 11.6. The fourth-order valence-electron chi connectivity index (χ4n) is 1.56. The van der Waals surface area contributed by atoms with Crippen molar-refractivity contribution in [3.8, 4) is 5.19 Å². The molecule has 88 valence electrons. The van der Waals surface area contributed by atoms with Crippen LogP contribution in [0.2, 0.25) is 5.02 Å². The second-order valence-electron chi connectivity index (χ2n) is 3.80. The lowest BCUT2D eigenvalue weighted by Gasteiger charge is -2.28. The Hall–Kier alpha value is -1.33. The van der Waals surface area contributed by atoms with Crippen LogP contribution in [0.3, 0.4) is 0 Å². The molecule has 0 aliphatic carbocycles. The number of hydrogen-bond donors (Lipinski definition) is 0. The molecule has 1 aliphatic heterocycles. The van der Waals surface area contributed by atoms with E-state index in [4.69, 9.17) is 16.3 Å². The van der Waals surface area contributed by atoms with E-state index in [0.717, 1.165) is 29.7 Å². The van der Waals surface area contributed by atoms with Crippen LogP contribution < -0.4 is 4.74 Å². The summed E-state index contributed by atoms with van der Waals surface area (Å²) in [6.45, 7) is 1.55. The Kier molecular flexibility index (Phi) is 2.64. The number of thiazole rings is 1. The average molecular weight is 269 g/mol. The number of carbonyl (C=O) groups excluding carboxylic acids is 1. The lowest BCUT2D eigenvalue weighted by atomic mass is 10.2. The Labute approximate surface area is 107 Å². The third-order valence-electron chi connectivity index (χ3n) is 2.62. The third-order valence-corrected chi connectivity index (χ3v) is 3.77. The molecule has 1 aromatic carbocycles. The molecule has 0 unspecified atom stereocenters. The Morgan fingerprint density at radius 2 is 2.29 bits per heavy atom. The van der Waals surface area contributed by atoms with E-state index < -0.39 is 0 Å². The van der Waals surface area contributed by atoms with Crippen molar-refractivity contribution in [3.05, 3.63) is 23.2 Å². The van der Waals surface area contributed by atoms with Gasteiger partial charge in [0.15, 0.2) is 0 Å². The lowest BCUT2D eigenvalue weighted by Crippen LogP contribution is -2.43. The molecule has 0 N–H and O–H groups in total. The minimum Gasteiger partial charge on any atom is -0.381 e. The van der Waals surface area contributed by atoms with Crippen molar-refractivity contribution >= 4 is 39.2 Å². The van der Waals surface area contributed by atoms with Crippen LogP contribution in [0.4, 0.5) is 4.79 Å². The minimum absolute atomic E-state index is 0.318. The normalized spacial score (nSPS) is 14.8. The summed E-state index contributed by atoms with van der Waals surface area (Å²) >= 11 is 7.21. The molecule has 0 bridgehead atoms. The van der Waals surface area contributed by atoms with E-state index in [1.165, 1.54) is 11.3 Å². The second kappa shape index (κ2) is 4.16. The van der Waals surface area contributed by atoms with Gasteiger partial charge < -0.3 is 9.64 Å². The van der Waals surface area contributed by atoms with E-state index in [0.29, 0.717) is 10.2 Å². The molecule has 6 heteroatoms. The van der Waals surface area contributed by atoms with Crippen LogP contribution in [0.5, 0.6) is 5.19 Å². The summed E-state index contributed by atoms with van der Waals surface area (Å²) in [5, 5.41) is 1.00. The largest absolute Gasteiger partial charge is 0.417 e. The van der Waals surface area contributed by atoms with Gasteiger partial charge in [0.1, 0.15) is 0 Å². The number of ether oxygens (including phenoxy) is 1. The van der Waals surface area contributed by atoms with Crippen molar-refractivity contribution in [1.82, 2.24) is 9.88 Å². The van der Waals surface area contributed by atoms with Crippen molar-refractivity contribution in [3.63, 3.8) is 0 Å². The van der Waals surface area contributed by atoms with Gasteiger partial charge in [-0.2, -0.15) is 0 Å². The first-order chi connectivity index (χ1) is 8.22. The summed E-state index contributed by atoms with van der Waals surface area (Å²) in [5.74, 6) is 0. The lowest BCUT2D eigenvalue weighted by molar-refractivity contribution is 0.125. The molecule has 1 fully saturated rings. The zero-order valence-electron chi connectivity index (χ0n) is 8.85. The van der Waals surface area contributed by atoms with Gasteiger partial charge in [0.25, 0.3) is 5.19 Å². The summed E-state index contributed by atoms with van der Waals surface area (Å²) in [4.78, 5) is 17.5. The maximum Gasteiger partial charge on any atom is 0.417 e. The molecule has 0 atom stereocenters. The highest BCUT2D eigenvalue weighted by Gasteiger charge is 2.23. The standard InChI is InChI=1S/C11H9ClN2O2S/c12-7-2-3-9-8(6-7)13-10(17-9)16-11(15)14-4-1-5-14/h2-3,6H,1,4-5H2. The van der Waals surface area contributed by atoms with Gasteiger partial charge in [-0.1, -0.05) is 22.9 Å². The number of benzene rings is 1. The summed E-state index contributed by atoms with van der Waals surface area (Å²) in [7, 11) is 0. The summed E-state index contributed by atoms with van der Waals surface area (Å²) in [5.41, 5.74) is 0.758. The van der Waals surface area contributed by atoms with Crippen LogP contribution in [0.15, 0.2) is 18.2 Å². The fourth-order valence-corrected chi connectivity index (χ4v) is 2.52. The molecule has 0 radical (unpaired) electrons. The monoisotopic (exact) mass is 268 g/mol. The quantitative estimate of drug-likeness (QED) is 0.798. The smallest absolute Gasteiger partial charge is 0.381 e. The number of fused-ring (bicyclic) bond motifs is 1. The molecule has 1 aliphatic rings. The van der Waals surface area contributed by atoms with Gasteiger partial charge >= 0.3 is 6.09 Å². The number of hydrogen-bond acceptors (Lipinski definition) is 4. The summed E-state index contributed by atoms with van der Waals surface area (Å²) in [6.07, 6.45) is 0.728. The number of rotatable bonds is 1. The van der Waals surface area contributed by atoms with Crippen LogP contribution in [0, 0.1) is 0 Å². The van der Waals surface area contributed by atoms with E-state index in [-0.39, 0.29) is 6.09 Å². The Morgan fingerprint density at radius 3 is 3.00 bits per heavy atom. The van der Waals surface area contributed by atoms with Gasteiger partial charge in [-0.25, -0.2) is 9.78 Å². The molecule has 1 saturated heterocycles. The average Bonchev–Trinajstić information content (AvgIpc) is 2.55. The van der Waals surface area contributed by atoms with Gasteiger partial charge in [-0.3, -0.25) is 0 Å². The highest BCUT2D eigenvalue weighted by atomic mass is 35.5. The van der Waals surface area contributed by atoms with Gasteiger partial charge in [-0.05, 0) is 24.6 Å². The number of likely N-dealkylation sites (tertiary alicyclic amines) is 1. The predicted octanol–water partition coefficient (Wildman–Crippen LogP) is 3.15. The number of halogens is 1. The highest BCUT2D eigenvalue weighted by Crippen LogP contribution is 2.30. The van der Waals surface area contributed by atoms with Crippen molar-refractivity contribution in [1.29, 1.82) is 0 Å². The van der Waals surface area contributed by atoms with Crippen molar-refractivity contribution in [2.75, 3.05) is 13.1 Å². The summed E-state index contributed by atoms with van der Waals surface area (Å²) < 4.78 is 6.15. The zero-order chi connectivity index (χ0) is 11.8. The van der Waals surface area contributed by atoms with E-state index >= 15 is 0 Å². The molecule has 0 saturated carbocycles. The summed E-state index contributed by atoms with van der Waals surface area (Å²) in [6, 6.07) is 5.42. The number of carbonyl (C=O) groups is 1. The number of nitrogens with zero attached hydrogens (tertiary/aromatic N) is 2. The molecule has 3 rings (SSSR count). The first-order valence-electron chi connectivity index (χ1n) is 5.25. The topological polar surface area (TPSA) is 42.4 Å². The second-order valence-corrected chi connectivity index (χ2v) is 5.23. The molecule has 2 aromatic rings. The molecule has 0 spiro atoms. The Bertz CT molecular complexity index is 580. The molecular formula is C11H9ClN2O2S. The molecule has 4 nitrogen and oxygen atoms in total. The van der Waals surface area contributed by atoms with E-state index in [1.54, 1.807) is 17.0 Å². The van der Waals surface area contributed by atoms with E-state index in [1.807, 2.05) is 6.07 Å². The zero-order valence-corrected chi connectivity index (χ0v) is 10.4. The van der Waals surface area contributed by atoms with Crippen LogP contribution in [0.1, 0.15) is 6.42 Å². The maximum absolute atomic E-state index is 11.6.